The quantitative estimate of drug-likeness (QED) is 0.539. The number of hydrogen-bond donors (Lipinski definition) is 1. The highest BCUT2D eigenvalue weighted by atomic mass is 16.5. The summed E-state index contributed by atoms with van der Waals surface area (Å²) in [5.74, 6) is 0.231. The third-order valence-corrected chi connectivity index (χ3v) is 2.00. The maximum absolute atomic E-state index is 10.1. The summed E-state index contributed by atoms with van der Waals surface area (Å²) >= 11 is 0. The van der Waals surface area contributed by atoms with Crippen molar-refractivity contribution in [3.05, 3.63) is 0 Å². The first-order valence-electron chi connectivity index (χ1n) is 4.47. The highest BCUT2D eigenvalue weighted by Gasteiger charge is 2.31. The van der Waals surface area contributed by atoms with Crippen LogP contribution in [0.5, 0.6) is 0 Å². The molecule has 0 aromatic carbocycles. The molecule has 0 saturated carbocycles. The molecule has 2 heterocycles. The number of nitriles is 1. The normalized spacial score (nSPS) is 30.7. The molecule has 1 unspecified atom stereocenters. The largest absolute Gasteiger partial charge is 0.377 e. The van der Waals surface area contributed by atoms with Gasteiger partial charge in [-0.25, -0.2) is 0 Å². The number of carbonyl (C=O) groups excluding carboxylic acids is 1. The molecule has 0 amide bonds. The first kappa shape index (κ1) is 11.1. The zero-order chi connectivity index (χ0) is 10.4. The van der Waals surface area contributed by atoms with Gasteiger partial charge in [0.05, 0.1) is 25.9 Å². The van der Waals surface area contributed by atoms with E-state index in [9.17, 15) is 4.79 Å². The van der Waals surface area contributed by atoms with Gasteiger partial charge in [0.25, 0.3) is 0 Å². The van der Waals surface area contributed by atoms with Crippen LogP contribution in [0.25, 0.3) is 0 Å². The molecule has 0 radical (unpaired) electrons. The maximum Gasteiger partial charge on any atom is 0.176 e. The number of aliphatic hydroxyl groups is 1. The molecule has 1 atom stereocenters. The summed E-state index contributed by atoms with van der Waals surface area (Å²) in [7, 11) is 0. The van der Waals surface area contributed by atoms with Crippen molar-refractivity contribution in [2.24, 2.45) is 0 Å². The topological polar surface area (TPSA) is 79.5 Å². The second-order valence-electron chi connectivity index (χ2n) is 3.29. The van der Waals surface area contributed by atoms with Crippen molar-refractivity contribution in [1.29, 1.82) is 5.26 Å². The first-order chi connectivity index (χ1) is 6.66. The van der Waals surface area contributed by atoms with Crippen molar-refractivity contribution in [2.75, 3.05) is 26.4 Å². The second kappa shape index (κ2) is 5.05. The number of carbonyl (C=O) groups is 1. The van der Waals surface area contributed by atoms with Crippen LogP contribution in [-0.2, 0) is 14.3 Å². The van der Waals surface area contributed by atoms with Gasteiger partial charge in [0.15, 0.2) is 11.4 Å². The number of nitrogens with zero attached hydrogens (tertiary/aromatic N) is 1. The Labute approximate surface area is 82.2 Å². The van der Waals surface area contributed by atoms with E-state index >= 15 is 0 Å². The minimum absolute atomic E-state index is 0.170. The van der Waals surface area contributed by atoms with E-state index in [1.54, 1.807) is 6.07 Å². The fourth-order valence-electron chi connectivity index (χ4n) is 1.09. The van der Waals surface area contributed by atoms with Crippen LogP contribution in [0.3, 0.4) is 0 Å². The molecular formula is C9H13NO4. The standard InChI is InChI=1S/C5H7NO2.C4H6O2/c6-3-5(7)1-2-8-4-5;5-4-1-2-6-3-4/h7H,1-2,4H2;1-3H2. The van der Waals surface area contributed by atoms with Crippen LogP contribution in [-0.4, -0.2) is 42.9 Å². The fourth-order valence-corrected chi connectivity index (χ4v) is 1.09. The van der Waals surface area contributed by atoms with E-state index in [0.29, 0.717) is 32.7 Å². The van der Waals surface area contributed by atoms with Crippen molar-refractivity contribution >= 4 is 5.78 Å². The molecule has 1 N–H and O–H groups in total. The molecule has 78 valence electrons. The molecule has 0 aliphatic carbocycles. The Bertz CT molecular complexity index is 232. The lowest BCUT2D eigenvalue weighted by Gasteiger charge is -2.06. The zero-order valence-electron chi connectivity index (χ0n) is 7.86. The predicted molar refractivity (Wildman–Crippen MR) is 46.4 cm³/mol. The van der Waals surface area contributed by atoms with Crippen LogP contribution in [0.1, 0.15) is 12.8 Å². The van der Waals surface area contributed by atoms with Gasteiger partial charge < -0.3 is 14.6 Å². The van der Waals surface area contributed by atoms with Gasteiger partial charge in [-0.05, 0) is 0 Å². The first-order valence-corrected chi connectivity index (χ1v) is 4.47. The third-order valence-electron chi connectivity index (χ3n) is 2.00. The van der Waals surface area contributed by atoms with Crippen LogP contribution < -0.4 is 0 Å². The molecule has 2 rings (SSSR count). The Morgan fingerprint density at radius 1 is 1.43 bits per heavy atom. The van der Waals surface area contributed by atoms with Crippen molar-refractivity contribution < 1.29 is 19.4 Å². The average Bonchev–Trinajstić information content (AvgIpc) is 2.79. The summed E-state index contributed by atoms with van der Waals surface area (Å²) < 4.78 is 9.49. The van der Waals surface area contributed by atoms with Gasteiger partial charge in [-0.3, -0.25) is 4.79 Å². The van der Waals surface area contributed by atoms with Crippen LogP contribution >= 0.6 is 0 Å². The van der Waals surface area contributed by atoms with Crippen LogP contribution in [0, 0.1) is 11.3 Å². The summed E-state index contributed by atoms with van der Waals surface area (Å²) in [5.41, 5.74) is -1.18. The van der Waals surface area contributed by atoms with Gasteiger partial charge in [0.1, 0.15) is 6.61 Å². The van der Waals surface area contributed by atoms with Crippen molar-refractivity contribution in [1.82, 2.24) is 0 Å². The lowest BCUT2D eigenvalue weighted by Crippen LogP contribution is -2.25. The van der Waals surface area contributed by atoms with E-state index in [2.05, 4.69) is 0 Å². The molecule has 14 heavy (non-hydrogen) atoms. The van der Waals surface area contributed by atoms with Gasteiger partial charge in [-0.1, -0.05) is 0 Å². The minimum atomic E-state index is -1.18. The van der Waals surface area contributed by atoms with E-state index in [-0.39, 0.29) is 12.4 Å². The number of ether oxygens (including phenoxy) is 2. The summed E-state index contributed by atoms with van der Waals surface area (Å²) in [6.07, 6.45) is 1.07. The Morgan fingerprint density at radius 2 is 2.21 bits per heavy atom. The molecule has 5 heteroatoms. The smallest absolute Gasteiger partial charge is 0.176 e. The highest BCUT2D eigenvalue weighted by molar-refractivity contribution is 5.81. The zero-order valence-corrected chi connectivity index (χ0v) is 7.86. The van der Waals surface area contributed by atoms with E-state index in [1.165, 1.54) is 0 Å². The number of rotatable bonds is 0. The number of Topliss-reactive ketones (excluding diaryl/α,β-unsaturated/α-hetero) is 1. The maximum atomic E-state index is 10.1. The van der Waals surface area contributed by atoms with Crippen molar-refractivity contribution in [3.8, 4) is 6.07 Å². The summed E-state index contributed by atoms with van der Waals surface area (Å²) in [6, 6.07) is 1.77. The third kappa shape index (κ3) is 3.42. The SMILES string of the molecule is N#CC1(O)CCOC1.O=C1CCOC1. The van der Waals surface area contributed by atoms with E-state index in [1.807, 2.05) is 0 Å². The van der Waals surface area contributed by atoms with Gasteiger partial charge in [-0.2, -0.15) is 5.26 Å². The van der Waals surface area contributed by atoms with Gasteiger partial charge in [0.2, 0.25) is 0 Å². The Morgan fingerprint density at radius 3 is 2.43 bits per heavy atom. The highest BCUT2D eigenvalue weighted by Crippen LogP contribution is 2.15. The second-order valence-corrected chi connectivity index (χ2v) is 3.29. The summed E-state index contributed by atoms with van der Waals surface area (Å²) in [5, 5.41) is 17.3. The van der Waals surface area contributed by atoms with E-state index < -0.39 is 5.60 Å². The minimum Gasteiger partial charge on any atom is -0.377 e. The molecule has 2 fully saturated rings. The average molecular weight is 199 g/mol. The van der Waals surface area contributed by atoms with E-state index in [0.717, 1.165) is 0 Å². The summed E-state index contributed by atoms with van der Waals surface area (Å²) in [6.45, 7) is 1.66. The molecule has 0 aromatic rings. The monoisotopic (exact) mass is 199 g/mol. The van der Waals surface area contributed by atoms with Crippen LogP contribution in [0.2, 0.25) is 0 Å². The van der Waals surface area contributed by atoms with Gasteiger partial charge >= 0.3 is 0 Å². The molecule has 2 aliphatic rings. The molecular weight excluding hydrogens is 186 g/mol. The van der Waals surface area contributed by atoms with E-state index in [4.69, 9.17) is 19.8 Å². The Balaban J connectivity index is 0.000000146. The molecule has 0 bridgehead atoms. The Hall–Kier alpha value is -0.960. The molecule has 0 spiro atoms. The van der Waals surface area contributed by atoms with Crippen LogP contribution in [0.15, 0.2) is 0 Å². The lowest BCUT2D eigenvalue weighted by molar-refractivity contribution is -0.117. The lowest BCUT2D eigenvalue weighted by atomic mass is 10.1. The predicted octanol–water partition coefficient (Wildman–Crippen LogP) is -0.363. The van der Waals surface area contributed by atoms with Crippen molar-refractivity contribution in [3.63, 3.8) is 0 Å². The van der Waals surface area contributed by atoms with Crippen LogP contribution in [0.4, 0.5) is 0 Å². The number of hydrogen-bond acceptors (Lipinski definition) is 5. The molecule has 2 aliphatic heterocycles. The molecule has 2 saturated heterocycles. The Kier molecular flexibility index (Phi) is 4.01. The molecule has 5 nitrogen and oxygen atoms in total. The molecule has 0 aromatic heterocycles. The summed E-state index contributed by atoms with van der Waals surface area (Å²) in [4.78, 5) is 10.1. The number of ketones is 1. The van der Waals surface area contributed by atoms with Gasteiger partial charge in [-0.15, -0.1) is 0 Å². The fraction of sp³-hybridized carbons (Fsp3) is 0.778. The van der Waals surface area contributed by atoms with Crippen molar-refractivity contribution in [2.45, 2.75) is 18.4 Å². The van der Waals surface area contributed by atoms with Gasteiger partial charge in [0, 0.05) is 12.8 Å².